The van der Waals surface area contributed by atoms with Crippen LogP contribution >= 0.6 is 0 Å². The topological polar surface area (TPSA) is 66.5 Å². The number of nitrogens with one attached hydrogen (secondary N) is 1. The van der Waals surface area contributed by atoms with E-state index < -0.39 is 11.7 Å². The van der Waals surface area contributed by atoms with Gasteiger partial charge in [-0.2, -0.15) is 0 Å². The van der Waals surface area contributed by atoms with Gasteiger partial charge in [-0.25, -0.2) is 0 Å². The highest BCUT2D eigenvalue weighted by atomic mass is 16.2. The van der Waals surface area contributed by atoms with Crippen molar-refractivity contribution in [2.45, 2.75) is 13.8 Å². The van der Waals surface area contributed by atoms with Crippen LogP contribution in [0.3, 0.4) is 0 Å². The molecule has 1 N–H and O–H groups in total. The molecule has 0 fully saturated rings. The first-order valence-electron chi connectivity index (χ1n) is 6.30. The van der Waals surface area contributed by atoms with E-state index in [4.69, 9.17) is 0 Å². The summed E-state index contributed by atoms with van der Waals surface area (Å²) in [6.45, 7) is 7.36. The quantitative estimate of drug-likeness (QED) is 0.660. The Morgan fingerprint density at radius 2 is 2.05 bits per heavy atom. The van der Waals surface area contributed by atoms with Crippen LogP contribution in [0.4, 0.5) is 5.69 Å². The lowest BCUT2D eigenvalue weighted by molar-refractivity contribution is -0.122. The van der Waals surface area contributed by atoms with Crippen molar-refractivity contribution in [3.8, 4) is 0 Å². The number of rotatable bonds is 4. The van der Waals surface area contributed by atoms with Crippen LogP contribution in [-0.2, 0) is 9.59 Å². The van der Waals surface area contributed by atoms with E-state index >= 15 is 0 Å². The van der Waals surface area contributed by atoms with Crippen LogP contribution in [-0.4, -0.2) is 30.7 Å². The highest BCUT2D eigenvalue weighted by Crippen LogP contribution is 2.33. The molecular weight excluding hydrogens is 256 g/mol. The number of carbonyl (C=O) groups is 3. The Morgan fingerprint density at radius 3 is 2.70 bits per heavy atom. The second-order valence-corrected chi connectivity index (χ2v) is 4.79. The second kappa shape index (κ2) is 5.28. The molecule has 5 heteroatoms. The van der Waals surface area contributed by atoms with Crippen LogP contribution in [0.25, 0.3) is 0 Å². The van der Waals surface area contributed by atoms with Crippen molar-refractivity contribution in [3.63, 3.8) is 0 Å². The van der Waals surface area contributed by atoms with Crippen molar-refractivity contribution in [2.75, 3.05) is 18.0 Å². The minimum Gasteiger partial charge on any atom is -0.351 e. The van der Waals surface area contributed by atoms with Gasteiger partial charge in [-0.15, -0.1) is 6.58 Å². The van der Waals surface area contributed by atoms with E-state index in [1.807, 2.05) is 19.9 Å². The van der Waals surface area contributed by atoms with Crippen molar-refractivity contribution >= 4 is 23.3 Å². The molecule has 0 saturated carbocycles. The molecule has 2 amide bonds. The predicted octanol–water partition coefficient (Wildman–Crippen LogP) is 1.13. The molecule has 0 unspecified atom stereocenters. The molecule has 0 atom stereocenters. The maximum absolute atomic E-state index is 12.0. The van der Waals surface area contributed by atoms with Crippen LogP contribution in [0.5, 0.6) is 0 Å². The Morgan fingerprint density at radius 1 is 1.35 bits per heavy atom. The van der Waals surface area contributed by atoms with E-state index in [2.05, 4.69) is 11.9 Å². The zero-order valence-corrected chi connectivity index (χ0v) is 11.5. The Hall–Kier alpha value is -2.43. The summed E-state index contributed by atoms with van der Waals surface area (Å²) in [6, 6.07) is 3.57. The molecular formula is C15H16N2O3. The fraction of sp³-hybridized carbons (Fsp3) is 0.267. The van der Waals surface area contributed by atoms with Crippen molar-refractivity contribution in [2.24, 2.45) is 0 Å². The Labute approximate surface area is 117 Å². The SMILES string of the molecule is C=CCNC(=O)CN1C(=O)C(=O)c2cc(C)cc(C)c21. The van der Waals surface area contributed by atoms with Crippen molar-refractivity contribution < 1.29 is 14.4 Å². The molecule has 104 valence electrons. The van der Waals surface area contributed by atoms with Gasteiger partial charge in [0.1, 0.15) is 6.54 Å². The van der Waals surface area contributed by atoms with Crippen LogP contribution in [0.1, 0.15) is 21.5 Å². The van der Waals surface area contributed by atoms with Gasteiger partial charge in [0, 0.05) is 6.54 Å². The summed E-state index contributed by atoms with van der Waals surface area (Å²) in [5, 5.41) is 2.59. The predicted molar refractivity (Wildman–Crippen MR) is 75.8 cm³/mol. The Kier molecular flexibility index (Phi) is 3.70. The molecule has 2 rings (SSSR count). The van der Waals surface area contributed by atoms with Gasteiger partial charge < -0.3 is 5.32 Å². The van der Waals surface area contributed by atoms with Gasteiger partial charge in [-0.05, 0) is 31.0 Å². The average molecular weight is 272 g/mol. The molecule has 1 aromatic carbocycles. The summed E-state index contributed by atoms with van der Waals surface area (Å²) < 4.78 is 0. The van der Waals surface area contributed by atoms with Gasteiger partial charge in [0.15, 0.2) is 0 Å². The normalized spacial score (nSPS) is 13.4. The molecule has 0 radical (unpaired) electrons. The fourth-order valence-corrected chi connectivity index (χ4v) is 2.37. The summed E-state index contributed by atoms with van der Waals surface area (Å²) >= 11 is 0. The van der Waals surface area contributed by atoms with E-state index in [0.29, 0.717) is 17.8 Å². The van der Waals surface area contributed by atoms with Gasteiger partial charge in [0.25, 0.3) is 11.7 Å². The minimum absolute atomic E-state index is 0.157. The number of carbonyl (C=O) groups excluding carboxylic acids is 3. The van der Waals surface area contributed by atoms with Crippen LogP contribution in [0, 0.1) is 13.8 Å². The van der Waals surface area contributed by atoms with Crippen molar-refractivity contribution in [3.05, 3.63) is 41.5 Å². The number of nitrogens with zero attached hydrogens (tertiary/aromatic N) is 1. The van der Waals surface area contributed by atoms with E-state index in [1.54, 1.807) is 12.1 Å². The van der Waals surface area contributed by atoms with Crippen LogP contribution < -0.4 is 10.2 Å². The fourth-order valence-electron chi connectivity index (χ4n) is 2.37. The number of hydrogen-bond donors (Lipinski definition) is 1. The van der Waals surface area contributed by atoms with E-state index in [-0.39, 0.29) is 12.5 Å². The molecule has 1 heterocycles. The smallest absolute Gasteiger partial charge is 0.299 e. The summed E-state index contributed by atoms with van der Waals surface area (Å²) in [7, 11) is 0. The van der Waals surface area contributed by atoms with E-state index in [1.165, 1.54) is 4.90 Å². The number of amides is 2. The maximum Gasteiger partial charge on any atom is 0.299 e. The lowest BCUT2D eigenvalue weighted by atomic mass is 10.0. The zero-order chi connectivity index (χ0) is 14.9. The third kappa shape index (κ3) is 2.34. The van der Waals surface area contributed by atoms with Crippen molar-refractivity contribution in [1.29, 1.82) is 0 Å². The number of aryl methyl sites for hydroxylation is 2. The highest BCUT2D eigenvalue weighted by Gasteiger charge is 2.37. The molecule has 0 bridgehead atoms. The first-order chi connectivity index (χ1) is 9.45. The largest absolute Gasteiger partial charge is 0.351 e. The van der Waals surface area contributed by atoms with Gasteiger partial charge in [0.05, 0.1) is 11.3 Å². The number of anilines is 1. The van der Waals surface area contributed by atoms with Gasteiger partial charge in [-0.3, -0.25) is 19.3 Å². The number of Topliss-reactive ketones (excluding diaryl/α,β-unsaturated/α-hetero) is 1. The zero-order valence-electron chi connectivity index (χ0n) is 11.5. The molecule has 1 aliphatic heterocycles. The second-order valence-electron chi connectivity index (χ2n) is 4.79. The molecule has 1 aliphatic rings. The molecule has 1 aromatic rings. The summed E-state index contributed by atoms with van der Waals surface area (Å²) in [5.41, 5.74) is 2.65. The van der Waals surface area contributed by atoms with Crippen LogP contribution in [0.15, 0.2) is 24.8 Å². The minimum atomic E-state index is -0.651. The van der Waals surface area contributed by atoms with E-state index in [0.717, 1.165) is 11.1 Å². The molecule has 0 spiro atoms. The lowest BCUT2D eigenvalue weighted by Gasteiger charge is -2.18. The summed E-state index contributed by atoms with van der Waals surface area (Å²) in [6.07, 6.45) is 1.55. The number of benzene rings is 1. The molecule has 0 saturated heterocycles. The summed E-state index contributed by atoms with van der Waals surface area (Å²) in [4.78, 5) is 37.0. The summed E-state index contributed by atoms with van der Waals surface area (Å²) in [5.74, 6) is -1.52. The third-order valence-electron chi connectivity index (χ3n) is 3.14. The third-order valence-corrected chi connectivity index (χ3v) is 3.14. The van der Waals surface area contributed by atoms with Gasteiger partial charge in [0.2, 0.25) is 5.91 Å². The van der Waals surface area contributed by atoms with Gasteiger partial charge in [-0.1, -0.05) is 12.1 Å². The molecule has 0 aromatic heterocycles. The molecule has 0 aliphatic carbocycles. The molecule has 5 nitrogen and oxygen atoms in total. The average Bonchev–Trinajstić information content (AvgIpc) is 2.62. The van der Waals surface area contributed by atoms with Gasteiger partial charge >= 0.3 is 0 Å². The maximum atomic E-state index is 12.0. The highest BCUT2D eigenvalue weighted by molar-refractivity contribution is 6.52. The first kappa shape index (κ1) is 14.0. The van der Waals surface area contributed by atoms with E-state index in [9.17, 15) is 14.4 Å². The Bertz CT molecular complexity index is 620. The number of fused-ring (bicyclic) bond motifs is 1. The first-order valence-corrected chi connectivity index (χ1v) is 6.30. The Balaban J connectivity index is 2.33. The standard InChI is InChI=1S/C15H16N2O3/c1-4-5-16-12(18)8-17-13-10(3)6-9(2)7-11(13)14(19)15(17)20/h4,6-7H,1,5,8H2,2-3H3,(H,16,18). The monoisotopic (exact) mass is 272 g/mol. The lowest BCUT2D eigenvalue weighted by Crippen LogP contribution is -2.40. The molecule has 20 heavy (non-hydrogen) atoms. The number of hydrogen-bond acceptors (Lipinski definition) is 3. The number of ketones is 1. The van der Waals surface area contributed by atoms with Crippen molar-refractivity contribution in [1.82, 2.24) is 5.32 Å². The van der Waals surface area contributed by atoms with Crippen LogP contribution in [0.2, 0.25) is 0 Å².